The Morgan fingerprint density at radius 1 is 1.14 bits per heavy atom. The summed E-state index contributed by atoms with van der Waals surface area (Å²) in [5, 5.41) is 2.39. The Kier molecular flexibility index (Phi) is 7.57. The lowest BCUT2D eigenvalue weighted by Crippen LogP contribution is -2.44. The van der Waals surface area contributed by atoms with Crippen LogP contribution in [0.1, 0.15) is 38.7 Å². The van der Waals surface area contributed by atoms with E-state index in [1.165, 1.54) is 7.11 Å². The minimum atomic E-state index is -4.71. The van der Waals surface area contributed by atoms with Crippen molar-refractivity contribution in [3.63, 3.8) is 0 Å². The number of carbonyl (C=O) groups excluding carboxylic acids is 2. The van der Waals surface area contributed by atoms with Crippen molar-refractivity contribution in [3.8, 4) is 5.75 Å². The van der Waals surface area contributed by atoms with Gasteiger partial charge in [0.15, 0.2) is 0 Å². The average Bonchev–Trinajstić information content (AvgIpc) is 3.67. The van der Waals surface area contributed by atoms with Crippen LogP contribution in [0.4, 0.5) is 29.3 Å². The number of hydrogen-bond acceptors (Lipinski definition) is 6. The number of benzene rings is 2. The van der Waals surface area contributed by atoms with E-state index in [1.54, 1.807) is 18.2 Å². The van der Waals surface area contributed by atoms with E-state index in [0.717, 1.165) is 32.3 Å². The molecule has 1 unspecified atom stereocenters. The number of carbonyl (C=O) groups is 2. The van der Waals surface area contributed by atoms with Crippen LogP contribution < -0.4 is 15.0 Å². The van der Waals surface area contributed by atoms with Gasteiger partial charge in [-0.3, -0.25) is 10.1 Å². The Hall–Kier alpha value is -3.43. The number of nitrogens with one attached hydrogen (secondary N) is 1. The van der Waals surface area contributed by atoms with Crippen molar-refractivity contribution in [2.45, 2.75) is 57.5 Å². The molecule has 0 saturated heterocycles. The van der Waals surface area contributed by atoms with Crippen LogP contribution in [0.3, 0.4) is 0 Å². The quantitative estimate of drug-likeness (QED) is 0.435. The summed E-state index contributed by atoms with van der Waals surface area (Å²) < 4.78 is 55.2. The molecule has 0 bridgehead atoms. The SMILES string of the molecule is COC(=O)C(C[C@H]1CN(Cc2ccccc2)c2cc(NC(=O)OC(C)(C)C(F)(F)F)ccc2O1)C1CC1. The topological polar surface area (TPSA) is 77.1 Å². The summed E-state index contributed by atoms with van der Waals surface area (Å²) in [4.78, 5) is 26.7. The smallest absolute Gasteiger partial charge is 0.427 e. The highest BCUT2D eigenvalue weighted by Crippen LogP contribution is 2.43. The predicted octanol–water partition coefficient (Wildman–Crippen LogP) is 5.93. The fraction of sp³-hybridized carbons (Fsp3) is 0.481. The number of ether oxygens (including phenoxy) is 3. The van der Waals surface area contributed by atoms with Crippen LogP contribution in [0.5, 0.6) is 5.75 Å². The molecular weight excluding hydrogens is 489 g/mol. The number of esters is 1. The lowest BCUT2D eigenvalue weighted by Gasteiger charge is -2.37. The van der Waals surface area contributed by atoms with E-state index in [-0.39, 0.29) is 23.7 Å². The van der Waals surface area contributed by atoms with Crippen molar-refractivity contribution in [1.29, 1.82) is 0 Å². The first kappa shape index (κ1) is 26.6. The predicted molar refractivity (Wildman–Crippen MR) is 131 cm³/mol. The molecule has 2 atom stereocenters. The minimum absolute atomic E-state index is 0.230. The molecule has 4 rings (SSSR count). The third kappa shape index (κ3) is 6.47. The van der Waals surface area contributed by atoms with Crippen LogP contribution in [0.15, 0.2) is 48.5 Å². The highest BCUT2D eigenvalue weighted by molar-refractivity contribution is 5.86. The van der Waals surface area contributed by atoms with Crippen LogP contribution in [0.2, 0.25) is 0 Å². The Labute approximate surface area is 213 Å². The summed E-state index contributed by atoms with van der Waals surface area (Å²) in [7, 11) is 1.39. The van der Waals surface area contributed by atoms with Gasteiger partial charge in [-0.1, -0.05) is 30.3 Å². The molecule has 1 aliphatic carbocycles. The summed E-state index contributed by atoms with van der Waals surface area (Å²) in [6, 6.07) is 14.6. The van der Waals surface area contributed by atoms with Crippen LogP contribution >= 0.6 is 0 Å². The molecule has 37 heavy (non-hydrogen) atoms. The Morgan fingerprint density at radius 3 is 2.46 bits per heavy atom. The maximum atomic E-state index is 13.1. The molecule has 7 nitrogen and oxygen atoms in total. The molecule has 2 aromatic rings. The first-order valence-corrected chi connectivity index (χ1v) is 12.2. The molecule has 1 heterocycles. The summed E-state index contributed by atoms with van der Waals surface area (Å²) >= 11 is 0. The number of hydrogen-bond donors (Lipinski definition) is 1. The first-order chi connectivity index (χ1) is 17.5. The normalized spacial score (nSPS) is 18.3. The highest BCUT2D eigenvalue weighted by atomic mass is 19.4. The standard InChI is InChI=1S/C27H31F3N2O5/c1-26(2,27(28,29)30)37-25(34)31-19-11-12-23-22(13-19)32(15-17-7-5-4-6-8-17)16-20(36-23)14-21(18-9-10-18)24(33)35-3/h4-8,11-13,18,20-21H,9-10,14-16H2,1-3H3,(H,31,34)/t20-,21?/m0/s1. The lowest BCUT2D eigenvalue weighted by atomic mass is 9.95. The number of halogens is 3. The number of amides is 1. The third-order valence-corrected chi connectivity index (χ3v) is 6.72. The molecule has 0 spiro atoms. The van der Waals surface area contributed by atoms with Crippen molar-refractivity contribution in [1.82, 2.24) is 0 Å². The van der Waals surface area contributed by atoms with E-state index >= 15 is 0 Å². The summed E-state index contributed by atoms with van der Waals surface area (Å²) in [5.41, 5.74) is -0.648. The van der Waals surface area contributed by atoms with Gasteiger partial charge >= 0.3 is 18.2 Å². The average molecular weight is 521 g/mol. The summed E-state index contributed by atoms with van der Waals surface area (Å²) in [6.07, 6.45) is -3.69. The molecule has 1 aliphatic heterocycles. The zero-order valence-corrected chi connectivity index (χ0v) is 21.0. The van der Waals surface area contributed by atoms with Crippen molar-refractivity contribution in [2.75, 3.05) is 23.9 Å². The Morgan fingerprint density at radius 2 is 1.84 bits per heavy atom. The van der Waals surface area contributed by atoms with Gasteiger partial charge in [0.05, 0.1) is 25.3 Å². The second-order valence-corrected chi connectivity index (χ2v) is 10.0. The van der Waals surface area contributed by atoms with Gasteiger partial charge in [-0.15, -0.1) is 0 Å². The molecule has 10 heteroatoms. The fourth-order valence-electron chi connectivity index (χ4n) is 4.43. The van der Waals surface area contributed by atoms with Crippen molar-refractivity contribution < 1.29 is 37.0 Å². The largest absolute Gasteiger partial charge is 0.486 e. The van der Waals surface area contributed by atoms with E-state index < -0.39 is 17.9 Å². The van der Waals surface area contributed by atoms with Gasteiger partial charge in [0.2, 0.25) is 5.60 Å². The molecule has 2 aliphatic rings. The van der Waals surface area contributed by atoms with Gasteiger partial charge < -0.3 is 19.1 Å². The number of rotatable bonds is 8. The Balaban J connectivity index is 1.55. The monoisotopic (exact) mass is 520 g/mol. The van der Waals surface area contributed by atoms with Crippen molar-refractivity contribution in [2.24, 2.45) is 11.8 Å². The fourth-order valence-corrected chi connectivity index (χ4v) is 4.43. The van der Waals surface area contributed by atoms with Gasteiger partial charge in [0.25, 0.3) is 0 Å². The molecule has 0 aromatic heterocycles. The first-order valence-electron chi connectivity index (χ1n) is 12.2. The second-order valence-electron chi connectivity index (χ2n) is 10.0. The van der Waals surface area contributed by atoms with Crippen LogP contribution in [-0.2, 0) is 20.8 Å². The van der Waals surface area contributed by atoms with Crippen LogP contribution in [-0.4, -0.2) is 43.6 Å². The second kappa shape index (κ2) is 10.5. The van der Waals surface area contributed by atoms with Crippen LogP contribution in [0.25, 0.3) is 0 Å². The molecule has 2 aromatic carbocycles. The molecule has 200 valence electrons. The molecule has 1 N–H and O–H groups in total. The van der Waals surface area contributed by atoms with Gasteiger partial charge in [-0.05, 0) is 62.8 Å². The minimum Gasteiger partial charge on any atom is -0.486 e. The zero-order valence-electron chi connectivity index (χ0n) is 21.0. The van der Waals surface area contributed by atoms with E-state index in [2.05, 4.69) is 15.0 Å². The molecule has 1 amide bonds. The number of nitrogens with zero attached hydrogens (tertiary/aromatic N) is 1. The van der Waals surface area contributed by atoms with Crippen molar-refractivity contribution in [3.05, 3.63) is 54.1 Å². The Bertz CT molecular complexity index is 1120. The van der Waals surface area contributed by atoms with E-state index in [9.17, 15) is 22.8 Å². The van der Waals surface area contributed by atoms with Gasteiger partial charge in [0.1, 0.15) is 11.9 Å². The zero-order chi connectivity index (χ0) is 26.8. The number of anilines is 2. The van der Waals surface area contributed by atoms with E-state index in [1.807, 2.05) is 30.3 Å². The highest BCUT2D eigenvalue weighted by Gasteiger charge is 2.51. The van der Waals surface area contributed by atoms with Crippen molar-refractivity contribution >= 4 is 23.4 Å². The van der Waals surface area contributed by atoms with E-state index in [0.29, 0.717) is 36.9 Å². The molecule has 0 radical (unpaired) electrons. The molecule has 1 saturated carbocycles. The maximum absolute atomic E-state index is 13.1. The third-order valence-electron chi connectivity index (χ3n) is 6.72. The van der Waals surface area contributed by atoms with Gasteiger partial charge in [-0.25, -0.2) is 4.79 Å². The summed E-state index contributed by atoms with van der Waals surface area (Å²) in [5.74, 6) is 0.397. The number of fused-ring (bicyclic) bond motifs is 1. The van der Waals surface area contributed by atoms with Gasteiger partial charge in [0, 0.05) is 12.2 Å². The van der Waals surface area contributed by atoms with Gasteiger partial charge in [-0.2, -0.15) is 13.2 Å². The molecular formula is C27H31F3N2O5. The maximum Gasteiger partial charge on any atom is 0.427 e. The lowest BCUT2D eigenvalue weighted by molar-refractivity contribution is -0.242. The molecule has 1 fully saturated rings. The van der Waals surface area contributed by atoms with Crippen LogP contribution in [0, 0.1) is 11.8 Å². The number of alkyl halides is 3. The summed E-state index contributed by atoms with van der Waals surface area (Å²) in [6.45, 7) is 2.60. The number of methoxy groups -OCH3 is 1. The van der Waals surface area contributed by atoms with E-state index in [4.69, 9.17) is 9.47 Å².